The van der Waals surface area contributed by atoms with E-state index in [9.17, 15) is 4.39 Å². The highest BCUT2D eigenvalue weighted by Gasteiger charge is 2.23. The van der Waals surface area contributed by atoms with E-state index in [4.69, 9.17) is 16.3 Å². The summed E-state index contributed by atoms with van der Waals surface area (Å²) in [5.41, 5.74) is 7.99. The van der Waals surface area contributed by atoms with Crippen LogP contribution < -0.4 is 22.2 Å². The van der Waals surface area contributed by atoms with Crippen LogP contribution in [0.2, 0.25) is 0 Å². The fourth-order valence-corrected chi connectivity index (χ4v) is 2.25. The normalized spacial score (nSPS) is 17.6. The van der Waals surface area contributed by atoms with Crippen molar-refractivity contribution in [1.82, 2.24) is 15.3 Å². The lowest BCUT2D eigenvalue weighted by molar-refractivity contribution is 0.306. The molecule has 1 aromatic heterocycles. The number of aliphatic imine (C=N–C) groups is 1. The first-order valence-corrected chi connectivity index (χ1v) is 7.50. The average molecular weight is 325 g/mol. The summed E-state index contributed by atoms with van der Waals surface area (Å²) in [6, 6.07) is 1.89. The first-order chi connectivity index (χ1) is 11.1. The van der Waals surface area contributed by atoms with Gasteiger partial charge in [-0.1, -0.05) is 0 Å². The van der Waals surface area contributed by atoms with Crippen molar-refractivity contribution < 1.29 is 9.13 Å². The Balaban J connectivity index is 2.18. The van der Waals surface area contributed by atoms with Crippen LogP contribution in [0, 0.1) is 0 Å². The molecule has 2 heterocycles. The number of rotatable bonds is 7. The molecule has 2 rings (SSSR count). The van der Waals surface area contributed by atoms with Crippen molar-refractivity contribution in [3.05, 3.63) is 29.2 Å². The van der Waals surface area contributed by atoms with Crippen LogP contribution in [0.4, 0.5) is 10.2 Å². The Labute approximate surface area is 134 Å². The third-order valence-electron chi connectivity index (χ3n) is 3.49. The lowest BCUT2D eigenvalue weighted by Gasteiger charge is -2.27. The molecule has 1 atom stereocenters. The van der Waals surface area contributed by atoms with Crippen LogP contribution in [0.15, 0.2) is 28.6 Å². The van der Waals surface area contributed by atoms with Crippen LogP contribution in [-0.4, -0.2) is 48.6 Å². The number of alkyl halides is 1. The van der Waals surface area contributed by atoms with E-state index in [1.165, 1.54) is 5.01 Å². The summed E-state index contributed by atoms with van der Waals surface area (Å²) in [6.07, 6.45) is 1.34. The maximum atomic E-state index is 12.4. The predicted molar refractivity (Wildman–Crippen MR) is 88.1 cm³/mol. The molecule has 128 valence electrons. The van der Waals surface area contributed by atoms with Crippen molar-refractivity contribution in [2.45, 2.75) is 20.1 Å². The number of fused-ring (bicyclic) bond motifs is 1. The molecule has 8 nitrogen and oxygen atoms in total. The molecule has 1 aliphatic heterocycles. The molecule has 9 heteroatoms. The number of hydrogen-bond acceptors (Lipinski definition) is 7. The molecular formula is C14H24FN7O. The summed E-state index contributed by atoms with van der Waals surface area (Å²) >= 11 is 0. The summed E-state index contributed by atoms with van der Waals surface area (Å²) in [7, 11) is 0. The quantitative estimate of drug-likeness (QED) is 0.367. The minimum Gasteiger partial charge on any atom is -0.478 e. The summed E-state index contributed by atoms with van der Waals surface area (Å²) < 4.78 is 18.0. The van der Waals surface area contributed by atoms with Gasteiger partial charge in [-0.15, -0.1) is 0 Å². The van der Waals surface area contributed by atoms with Gasteiger partial charge in [0.25, 0.3) is 0 Å². The van der Waals surface area contributed by atoms with Crippen LogP contribution in [0.25, 0.3) is 0 Å². The van der Waals surface area contributed by atoms with Crippen LogP contribution in [0.1, 0.15) is 19.4 Å². The van der Waals surface area contributed by atoms with Crippen LogP contribution in [-0.2, 0) is 4.74 Å². The van der Waals surface area contributed by atoms with Crippen LogP contribution in [0.5, 0.6) is 0 Å². The Kier molecular flexibility index (Phi) is 5.83. The highest BCUT2D eigenvalue weighted by molar-refractivity contribution is 6.00. The molecule has 0 aromatic carbocycles. The second-order valence-corrected chi connectivity index (χ2v) is 4.98. The van der Waals surface area contributed by atoms with Gasteiger partial charge in [0.1, 0.15) is 12.5 Å². The van der Waals surface area contributed by atoms with Gasteiger partial charge in [0.05, 0.1) is 18.7 Å². The van der Waals surface area contributed by atoms with Gasteiger partial charge in [-0.3, -0.25) is 0 Å². The van der Waals surface area contributed by atoms with Gasteiger partial charge in [0.15, 0.2) is 6.29 Å². The number of allylic oxidation sites excluding steroid dienone is 1. The molecule has 0 bridgehead atoms. The van der Waals surface area contributed by atoms with Crippen molar-refractivity contribution in [2.24, 2.45) is 16.6 Å². The summed E-state index contributed by atoms with van der Waals surface area (Å²) in [5, 5.41) is 7.70. The average Bonchev–Trinajstić information content (AvgIpc) is 3.01. The number of ether oxygens (including phenoxy) is 1. The molecule has 0 spiro atoms. The van der Waals surface area contributed by atoms with E-state index in [1.807, 2.05) is 19.2 Å². The number of halogens is 1. The fourth-order valence-electron chi connectivity index (χ4n) is 2.25. The Morgan fingerprint density at radius 3 is 3.00 bits per heavy atom. The van der Waals surface area contributed by atoms with Gasteiger partial charge in [-0.05, 0) is 19.9 Å². The molecule has 1 aliphatic rings. The zero-order valence-corrected chi connectivity index (χ0v) is 13.4. The summed E-state index contributed by atoms with van der Waals surface area (Å²) in [4.78, 5) is 7.59. The molecular weight excluding hydrogens is 301 g/mol. The molecule has 0 amide bonds. The number of H-pyrrole nitrogens is 1. The lowest BCUT2D eigenvalue weighted by atomic mass is 10.2. The fraction of sp³-hybridized carbons (Fsp3) is 0.500. The highest BCUT2D eigenvalue weighted by Crippen LogP contribution is 2.21. The lowest BCUT2D eigenvalue weighted by Crippen LogP contribution is -2.43. The Hall–Kier alpha value is -2.26. The topological polar surface area (TPSA) is 117 Å². The van der Waals surface area contributed by atoms with Gasteiger partial charge in [0, 0.05) is 24.1 Å². The number of hydrazine groups is 1. The zero-order valence-electron chi connectivity index (χ0n) is 13.4. The number of anilines is 1. The van der Waals surface area contributed by atoms with Gasteiger partial charge < -0.3 is 31.1 Å². The Bertz CT molecular complexity index is 583. The molecule has 0 radical (unpaired) electrons. The molecule has 0 aliphatic carbocycles. The molecule has 23 heavy (non-hydrogen) atoms. The first-order valence-electron chi connectivity index (χ1n) is 7.50. The van der Waals surface area contributed by atoms with Crippen LogP contribution in [0.3, 0.4) is 0 Å². The van der Waals surface area contributed by atoms with E-state index in [-0.39, 0.29) is 13.1 Å². The number of hydrogen-bond donors (Lipinski definition) is 5. The number of nitrogens with two attached hydrogens (primary N) is 2. The number of aromatic amines is 1. The van der Waals surface area contributed by atoms with E-state index in [1.54, 1.807) is 6.92 Å². The maximum absolute atomic E-state index is 12.4. The van der Waals surface area contributed by atoms with Gasteiger partial charge in [-0.2, -0.15) is 0 Å². The molecule has 0 fully saturated rings. The zero-order chi connectivity index (χ0) is 16.8. The van der Waals surface area contributed by atoms with Crippen molar-refractivity contribution in [3.8, 4) is 0 Å². The molecule has 1 unspecified atom stereocenters. The largest absolute Gasteiger partial charge is 0.478 e. The minimum absolute atomic E-state index is 0.101. The second kappa shape index (κ2) is 7.84. The Morgan fingerprint density at radius 1 is 1.57 bits per heavy atom. The smallest absolute Gasteiger partial charge is 0.223 e. The van der Waals surface area contributed by atoms with E-state index in [2.05, 4.69) is 20.6 Å². The molecule has 7 N–H and O–H groups in total. The summed E-state index contributed by atoms with van der Waals surface area (Å²) in [6.45, 7) is 3.98. The van der Waals surface area contributed by atoms with Crippen molar-refractivity contribution in [1.29, 1.82) is 0 Å². The van der Waals surface area contributed by atoms with Crippen molar-refractivity contribution in [2.75, 3.05) is 31.7 Å². The number of nitrogens with one attached hydrogen (secondary N) is 3. The second-order valence-electron chi connectivity index (χ2n) is 4.98. The first kappa shape index (κ1) is 17.1. The third-order valence-corrected chi connectivity index (χ3v) is 3.49. The van der Waals surface area contributed by atoms with E-state index in [0.717, 1.165) is 11.4 Å². The third kappa shape index (κ3) is 3.93. The maximum Gasteiger partial charge on any atom is 0.223 e. The SMILES string of the molecule is CCOC1=NC(N/C(CN)=C(\C)N(N)CCF)Nc2[nH]ccc21. The molecule has 0 saturated heterocycles. The minimum atomic E-state index is -0.536. The standard InChI is InChI=1S/C14H24FN7O/c1-3-23-13-10-4-6-18-12(10)20-14(21-13)19-11(8-16)9(2)22(17)7-5-15/h4,6,14,18-20H,3,5,7-8,16-17H2,1-2H3/b11-9+. The van der Waals surface area contributed by atoms with Gasteiger partial charge in [0.2, 0.25) is 5.90 Å². The highest BCUT2D eigenvalue weighted by atomic mass is 19.1. The van der Waals surface area contributed by atoms with E-state index in [0.29, 0.717) is 23.9 Å². The van der Waals surface area contributed by atoms with Crippen LogP contribution >= 0.6 is 0 Å². The van der Waals surface area contributed by atoms with Gasteiger partial charge >= 0.3 is 0 Å². The monoisotopic (exact) mass is 325 g/mol. The summed E-state index contributed by atoms with van der Waals surface area (Å²) in [5.74, 6) is 7.15. The van der Waals surface area contributed by atoms with Crippen molar-refractivity contribution >= 4 is 11.7 Å². The molecule has 0 saturated carbocycles. The Morgan fingerprint density at radius 2 is 2.35 bits per heavy atom. The predicted octanol–water partition coefficient (Wildman–Crippen LogP) is 0.432. The van der Waals surface area contributed by atoms with Gasteiger partial charge in [-0.25, -0.2) is 15.2 Å². The van der Waals surface area contributed by atoms with E-state index >= 15 is 0 Å². The van der Waals surface area contributed by atoms with Crippen molar-refractivity contribution in [3.63, 3.8) is 0 Å². The number of aromatic nitrogens is 1. The van der Waals surface area contributed by atoms with E-state index < -0.39 is 13.0 Å². The molecule has 1 aromatic rings. The number of nitrogens with zero attached hydrogens (tertiary/aromatic N) is 2.